The van der Waals surface area contributed by atoms with Gasteiger partial charge in [0.05, 0.1) is 0 Å². The second kappa shape index (κ2) is 6.53. The molecule has 3 heteroatoms. The number of allylic oxidation sites excluding steroid dienone is 4. The third-order valence-electron chi connectivity index (χ3n) is 3.88. The molecule has 0 atom stereocenters. The zero-order chi connectivity index (χ0) is 16.3. The minimum atomic E-state index is -0.0420. The number of Topliss-reactive ketones (excluding diaryl/α,β-unsaturated/α-hetero) is 1. The molecule has 1 aromatic rings. The van der Waals surface area contributed by atoms with Gasteiger partial charge in [0.1, 0.15) is 5.75 Å². The van der Waals surface area contributed by atoms with Crippen molar-refractivity contribution in [3.8, 4) is 5.75 Å². The predicted molar refractivity (Wildman–Crippen MR) is 84.5 cm³/mol. The molecule has 0 spiro atoms. The van der Waals surface area contributed by atoms with Gasteiger partial charge in [-0.15, -0.1) is 0 Å². The van der Waals surface area contributed by atoms with Crippen molar-refractivity contribution < 1.29 is 14.7 Å². The van der Waals surface area contributed by atoms with Gasteiger partial charge in [0, 0.05) is 16.7 Å². The highest BCUT2D eigenvalue weighted by Crippen LogP contribution is 2.23. The summed E-state index contributed by atoms with van der Waals surface area (Å²) in [7, 11) is 0. The molecule has 0 bridgehead atoms. The predicted octanol–water partition coefficient (Wildman–Crippen LogP) is 3.74. The van der Waals surface area contributed by atoms with Crippen LogP contribution < -0.4 is 0 Å². The third kappa shape index (κ3) is 3.69. The Kier molecular flexibility index (Phi) is 5.25. The standard InChI is InChI=1S/C9H10O2.C9H12O/c1-5-4-8(10)6(2)7(3)9(5)11;1-6-4-5-7(2)9(10)8(6)3/h4H,1-3H3;4-5,10H,1-3H3. The number of hydrogen-bond acceptors (Lipinski definition) is 3. The molecule has 1 aliphatic rings. The van der Waals surface area contributed by atoms with E-state index >= 15 is 0 Å². The summed E-state index contributed by atoms with van der Waals surface area (Å²) in [5.74, 6) is 0.377. The second-order valence-corrected chi connectivity index (χ2v) is 5.44. The van der Waals surface area contributed by atoms with E-state index in [4.69, 9.17) is 0 Å². The zero-order valence-corrected chi connectivity index (χ0v) is 13.5. The lowest BCUT2D eigenvalue weighted by Gasteiger charge is -2.09. The maximum absolute atomic E-state index is 11.2. The first-order valence-electron chi connectivity index (χ1n) is 6.87. The normalized spacial score (nSPS) is 14.7. The molecule has 0 saturated heterocycles. The number of hydrogen-bond donors (Lipinski definition) is 1. The van der Waals surface area contributed by atoms with Gasteiger partial charge in [-0.2, -0.15) is 0 Å². The Labute approximate surface area is 126 Å². The molecule has 1 aliphatic carbocycles. The number of aromatic hydroxyl groups is 1. The van der Waals surface area contributed by atoms with Crippen LogP contribution in [0.4, 0.5) is 0 Å². The summed E-state index contributed by atoms with van der Waals surface area (Å²) in [6, 6.07) is 3.95. The van der Waals surface area contributed by atoms with Gasteiger partial charge < -0.3 is 5.11 Å². The van der Waals surface area contributed by atoms with E-state index in [1.807, 2.05) is 32.9 Å². The van der Waals surface area contributed by atoms with Crippen LogP contribution in [-0.4, -0.2) is 16.7 Å². The van der Waals surface area contributed by atoms with Crippen LogP contribution in [0, 0.1) is 20.8 Å². The van der Waals surface area contributed by atoms with Crippen molar-refractivity contribution in [1.82, 2.24) is 0 Å². The highest BCUT2D eigenvalue weighted by Gasteiger charge is 2.19. The minimum Gasteiger partial charge on any atom is -0.507 e. The highest BCUT2D eigenvalue weighted by atomic mass is 16.3. The van der Waals surface area contributed by atoms with Crippen LogP contribution in [0.15, 0.2) is 34.9 Å². The van der Waals surface area contributed by atoms with Crippen LogP contribution in [0.1, 0.15) is 37.5 Å². The van der Waals surface area contributed by atoms with Gasteiger partial charge in [-0.05, 0) is 64.3 Å². The van der Waals surface area contributed by atoms with Crippen molar-refractivity contribution in [2.75, 3.05) is 0 Å². The monoisotopic (exact) mass is 286 g/mol. The lowest BCUT2D eigenvalue weighted by Crippen LogP contribution is -2.14. The Balaban J connectivity index is 0.000000211. The molecular weight excluding hydrogens is 264 g/mol. The van der Waals surface area contributed by atoms with Crippen LogP contribution in [0.3, 0.4) is 0 Å². The Hall–Kier alpha value is -2.16. The quantitative estimate of drug-likeness (QED) is 0.739. The van der Waals surface area contributed by atoms with Crippen LogP contribution in [-0.2, 0) is 9.59 Å². The Morgan fingerprint density at radius 3 is 1.86 bits per heavy atom. The number of phenolic OH excluding ortho intramolecular Hbond substituents is 1. The maximum atomic E-state index is 11.2. The fraction of sp³-hybridized carbons (Fsp3) is 0.333. The number of carbonyl (C=O) groups is 2. The number of carbonyl (C=O) groups excluding carboxylic acids is 2. The van der Waals surface area contributed by atoms with Crippen LogP contribution in [0.25, 0.3) is 0 Å². The molecule has 0 aliphatic heterocycles. The molecule has 0 amide bonds. The summed E-state index contributed by atoms with van der Waals surface area (Å²) in [4.78, 5) is 22.3. The summed E-state index contributed by atoms with van der Waals surface area (Å²) in [5, 5.41) is 9.39. The molecule has 0 radical (unpaired) electrons. The zero-order valence-electron chi connectivity index (χ0n) is 13.5. The molecule has 0 saturated carbocycles. The van der Waals surface area contributed by atoms with E-state index in [1.54, 1.807) is 20.8 Å². The van der Waals surface area contributed by atoms with Crippen LogP contribution in [0.5, 0.6) is 5.75 Å². The van der Waals surface area contributed by atoms with Crippen molar-refractivity contribution in [2.24, 2.45) is 0 Å². The molecule has 0 fully saturated rings. The topological polar surface area (TPSA) is 54.4 Å². The number of phenols is 1. The first-order chi connectivity index (χ1) is 9.66. The number of benzene rings is 1. The van der Waals surface area contributed by atoms with E-state index in [1.165, 1.54) is 6.08 Å². The highest BCUT2D eigenvalue weighted by molar-refractivity contribution is 6.21. The van der Waals surface area contributed by atoms with Crippen molar-refractivity contribution in [3.05, 3.63) is 51.6 Å². The largest absolute Gasteiger partial charge is 0.507 e. The molecule has 0 aromatic heterocycles. The van der Waals surface area contributed by atoms with E-state index < -0.39 is 0 Å². The van der Waals surface area contributed by atoms with Gasteiger partial charge in [-0.1, -0.05) is 12.1 Å². The summed E-state index contributed by atoms with van der Waals surface area (Å²) in [6.07, 6.45) is 1.39. The smallest absolute Gasteiger partial charge is 0.184 e. The number of rotatable bonds is 0. The lowest BCUT2D eigenvalue weighted by molar-refractivity contribution is -0.115. The van der Waals surface area contributed by atoms with Crippen molar-refractivity contribution in [2.45, 2.75) is 41.5 Å². The van der Waals surface area contributed by atoms with E-state index in [-0.39, 0.29) is 11.6 Å². The molecule has 21 heavy (non-hydrogen) atoms. The molecule has 2 rings (SSSR count). The fourth-order valence-electron chi connectivity index (χ4n) is 1.96. The average Bonchev–Trinajstić information content (AvgIpc) is 2.45. The molecule has 0 heterocycles. The SMILES string of the molecule is CC1=CC(=O)C(C)=C(C)C1=O.Cc1ccc(C)c(O)c1C. The lowest BCUT2D eigenvalue weighted by atomic mass is 9.92. The Morgan fingerprint density at radius 2 is 1.33 bits per heavy atom. The van der Waals surface area contributed by atoms with E-state index in [2.05, 4.69) is 0 Å². The number of aryl methyl sites for hydroxylation is 2. The second-order valence-electron chi connectivity index (χ2n) is 5.44. The molecular formula is C18H22O3. The molecule has 1 aromatic carbocycles. The van der Waals surface area contributed by atoms with E-state index in [0.29, 0.717) is 22.5 Å². The Morgan fingerprint density at radius 1 is 0.810 bits per heavy atom. The van der Waals surface area contributed by atoms with Crippen molar-refractivity contribution >= 4 is 11.6 Å². The minimum absolute atomic E-state index is 0.0119. The Bertz CT molecular complexity index is 634. The first-order valence-corrected chi connectivity index (χ1v) is 6.87. The molecule has 1 N–H and O–H groups in total. The summed E-state index contributed by atoms with van der Waals surface area (Å²) in [6.45, 7) is 10.9. The average molecular weight is 286 g/mol. The van der Waals surface area contributed by atoms with Gasteiger partial charge in [0.25, 0.3) is 0 Å². The van der Waals surface area contributed by atoms with Crippen LogP contribution in [0.2, 0.25) is 0 Å². The molecule has 0 unspecified atom stereocenters. The summed E-state index contributed by atoms with van der Waals surface area (Å²) < 4.78 is 0. The van der Waals surface area contributed by atoms with E-state index in [9.17, 15) is 14.7 Å². The van der Waals surface area contributed by atoms with Gasteiger partial charge in [0.2, 0.25) is 0 Å². The van der Waals surface area contributed by atoms with Gasteiger partial charge in [-0.3, -0.25) is 9.59 Å². The van der Waals surface area contributed by atoms with Crippen LogP contribution >= 0.6 is 0 Å². The first kappa shape index (κ1) is 16.9. The molecule has 112 valence electrons. The summed E-state index contributed by atoms with van der Waals surface area (Å²) in [5.41, 5.74) is 4.76. The summed E-state index contributed by atoms with van der Waals surface area (Å²) >= 11 is 0. The third-order valence-corrected chi connectivity index (χ3v) is 3.88. The maximum Gasteiger partial charge on any atom is 0.184 e. The van der Waals surface area contributed by atoms with Gasteiger partial charge in [-0.25, -0.2) is 0 Å². The fourth-order valence-corrected chi connectivity index (χ4v) is 1.96. The van der Waals surface area contributed by atoms with Gasteiger partial charge >= 0.3 is 0 Å². The molecule has 3 nitrogen and oxygen atoms in total. The number of ketones is 2. The van der Waals surface area contributed by atoms with Crippen molar-refractivity contribution in [1.29, 1.82) is 0 Å². The van der Waals surface area contributed by atoms with E-state index in [0.717, 1.165) is 16.7 Å². The van der Waals surface area contributed by atoms with Gasteiger partial charge in [0.15, 0.2) is 11.6 Å². The van der Waals surface area contributed by atoms with Crippen molar-refractivity contribution in [3.63, 3.8) is 0 Å².